The van der Waals surface area contributed by atoms with Crippen LogP contribution < -0.4 is 0 Å². The van der Waals surface area contributed by atoms with Crippen LogP contribution in [0.1, 0.15) is 45.3 Å². The van der Waals surface area contributed by atoms with E-state index in [0.29, 0.717) is 29.5 Å². The van der Waals surface area contributed by atoms with Gasteiger partial charge in [-0.2, -0.15) is 0 Å². The Hall–Kier alpha value is -2.67. The zero-order valence-corrected chi connectivity index (χ0v) is 14.5. The second kappa shape index (κ2) is 4.94. The molecule has 3 aliphatic carbocycles. The van der Waals surface area contributed by atoms with Gasteiger partial charge >= 0.3 is 0 Å². The summed E-state index contributed by atoms with van der Waals surface area (Å²) in [6.45, 7) is 0. The molecule has 5 atom stereocenters. The molecule has 0 heterocycles. The van der Waals surface area contributed by atoms with Crippen LogP contribution >= 0.6 is 0 Å². The highest BCUT2D eigenvalue weighted by Crippen LogP contribution is 2.80. The van der Waals surface area contributed by atoms with Crippen molar-refractivity contribution in [1.29, 1.82) is 0 Å². The lowest BCUT2D eigenvalue weighted by Gasteiger charge is -2.39. The fourth-order valence-electron chi connectivity index (χ4n) is 6.31. The molecular formula is C25H20O. The number of carbonyl (C=O) groups is 1. The van der Waals surface area contributed by atoms with Crippen molar-refractivity contribution in [3.8, 4) is 0 Å². The Balaban J connectivity index is 1.56. The zero-order valence-electron chi connectivity index (χ0n) is 14.5. The largest absolute Gasteiger partial charge is 0.293 e. The SMILES string of the molecule is O=C(c1ccccc1)C12c3ccccc3[C@H]3C[C@@H]1C2[C@H]3c1ccccc1. The number of Topliss-reactive ketones (excluding diaryl/α,β-unsaturated/α-hetero) is 1. The number of rotatable bonds is 3. The fourth-order valence-corrected chi connectivity index (χ4v) is 6.31. The van der Waals surface area contributed by atoms with Crippen LogP contribution in [0.15, 0.2) is 84.9 Å². The maximum atomic E-state index is 13.7. The van der Waals surface area contributed by atoms with Gasteiger partial charge in [-0.05, 0) is 46.8 Å². The van der Waals surface area contributed by atoms with E-state index < -0.39 is 0 Å². The number of fused-ring (bicyclic) bond motifs is 5. The lowest BCUT2D eigenvalue weighted by Crippen LogP contribution is -2.36. The molecule has 126 valence electrons. The van der Waals surface area contributed by atoms with E-state index in [0.717, 1.165) is 12.0 Å². The van der Waals surface area contributed by atoms with Crippen LogP contribution in [-0.4, -0.2) is 5.78 Å². The first-order chi connectivity index (χ1) is 12.8. The molecule has 2 bridgehead atoms. The monoisotopic (exact) mass is 336 g/mol. The predicted octanol–water partition coefficient (Wildman–Crippen LogP) is 5.34. The van der Waals surface area contributed by atoms with Crippen molar-refractivity contribution >= 4 is 5.78 Å². The van der Waals surface area contributed by atoms with E-state index in [9.17, 15) is 4.79 Å². The van der Waals surface area contributed by atoms with Gasteiger partial charge in [0.2, 0.25) is 0 Å². The highest BCUT2D eigenvalue weighted by molar-refractivity contribution is 6.08. The summed E-state index contributed by atoms with van der Waals surface area (Å²) in [5, 5.41) is 0. The summed E-state index contributed by atoms with van der Waals surface area (Å²) < 4.78 is 0. The van der Waals surface area contributed by atoms with E-state index in [1.807, 2.05) is 30.3 Å². The van der Waals surface area contributed by atoms with E-state index >= 15 is 0 Å². The van der Waals surface area contributed by atoms with Crippen LogP contribution in [0.3, 0.4) is 0 Å². The van der Waals surface area contributed by atoms with Crippen molar-refractivity contribution < 1.29 is 4.79 Å². The first-order valence-corrected chi connectivity index (χ1v) is 9.57. The van der Waals surface area contributed by atoms with Gasteiger partial charge in [0.15, 0.2) is 5.78 Å². The maximum absolute atomic E-state index is 13.7. The van der Waals surface area contributed by atoms with Crippen molar-refractivity contribution in [3.63, 3.8) is 0 Å². The summed E-state index contributed by atoms with van der Waals surface area (Å²) in [4.78, 5) is 13.7. The molecule has 3 aromatic carbocycles. The van der Waals surface area contributed by atoms with Gasteiger partial charge < -0.3 is 0 Å². The van der Waals surface area contributed by atoms with Crippen molar-refractivity contribution in [1.82, 2.24) is 0 Å². The van der Waals surface area contributed by atoms with Gasteiger partial charge in [-0.15, -0.1) is 0 Å². The molecule has 3 aliphatic rings. The Labute approximate surface area is 153 Å². The molecule has 0 radical (unpaired) electrons. The Morgan fingerprint density at radius 2 is 1.46 bits per heavy atom. The average molecular weight is 336 g/mol. The topological polar surface area (TPSA) is 17.1 Å². The highest BCUT2D eigenvalue weighted by atomic mass is 16.1. The number of hydrogen-bond acceptors (Lipinski definition) is 1. The third kappa shape index (κ3) is 1.60. The Morgan fingerprint density at radius 1 is 0.808 bits per heavy atom. The molecule has 2 saturated carbocycles. The van der Waals surface area contributed by atoms with Gasteiger partial charge in [-0.25, -0.2) is 0 Å². The molecular weight excluding hydrogens is 316 g/mol. The molecule has 2 unspecified atom stereocenters. The van der Waals surface area contributed by atoms with Crippen LogP contribution in [0.4, 0.5) is 0 Å². The minimum absolute atomic E-state index is 0.298. The number of carbonyl (C=O) groups excluding carboxylic acids is 1. The summed E-state index contributed by atoms with van der Waals surface area (Å²) in [7, 11) is 0. The minimum Gasteiger partial charge on any atom is -0.293 e. The predicted molar refractivity (Wildman–Crippen MR) is 102 cm³/mol. The molecule has 0 amide bonds. The summed E-state index contributed by atoms with van der Waals surface area (Å²) >= 11 is 0. The third-order valence-corrected chi connectivity index (χ3v) is 7.17. The highest BCUT2D eigenvalue weighted by Gasteiger charge is 2.79. The second-order valence-corrected chi connectivity index (χ2v) is 8.06. The Morgan fingerprint density at radius 3 is 2.23 bits per heavy atom. The molecule has 1 heteroatoms. The average Bonchev–Trinajstić information content (AvgIpc) is 3.25. The lowest BCUT2D eigenvalue weighted by molar-refractivity contribution is 0.0911. The minimum atomic E-state index is -0.298. The van der Waals surface area contributed by atoms with Crippen LogP contribution in [0, 0.1) is 11.8 Å². The lowest BCUT2D eigenvalue weighted by atomic mass is 9.63. The van der Waals surface area contributed by atoms with Crippen molar-refractivity contribution in [2.45, 2.75) is 23.7 Å². The second-order valence-electron chi connectivity index (χ2n) is 8.06. The molecule has 1 nitrogen and oxygen atoms in total. The van der Waals surface area contributed by atoms with Gasteiger partial charge in [-0.1, -0.05) is 84.9 Å². The van der Waals surface area contributed by atoms with Crippen molar-refractivity contribution in [2.24, 2.45) is 11.8 Å². The van der Waals surface area contributed by atoms with E-state index in [1.165, 1.54) is 16.7 Å². The first-order valence-electron chi connectivity index (χ1n) is 9.57. The molecule has 0 N–H and O–H groups in total. The van der Waals surface area contributed by atoms with Crippen LogP contribution in [0.25, 0.3) is 0 Å². The van der Waals surface area contributed by atoms with E-state index in [-0.39, 0.29) is 5.41 Å². The van der Waals surface area contributed by atoms with Crippen molar-refractivity contribution in [2.75, 3.05) is 0 Å². The first kappa shape index (κ1) is 14.5. The van der Waals surface area contributed by atoms with Crippen LogP contribution in [0.2, 0.25) is 0 Å². The number of hydrogen-bond donors (Lipinski definition) is 0. The molecule has 0 aromatic heterocycles. The Kier molecular flexibility index (Phi) is 2.76. The maximum Gasteiger partial charge on any atom is 0.173 e. The van der Waals surface area contributed by atoms with Gasteiger partial charge in [0, 0.05) is 5.56 Å². The van der Waals surface area contributed by atoms with Gasteiger partial charge in [-0.3, -0.25) is 4.79 Å². The summed E-state index contributed by atoms with van der Waals surface area (Å²) in [6.07, 6.45) is 1.15. The normalized spacial score (nSPS) is 32.8. The van der Waals surface area contributed by atoms with Gasteiger partial charge in [0.1, 0.15) is 0 Å². The van der Waals surface area contributed by atoms with Gasteiger partial charge in [0.05, 0.1) is 5.41 Å². The number of benzene rings is 3. The summed E-state index contributed by atoms with van der Waals surface area (Å²) in [5.41, 5.74) is 4.69. The van der Waals surface area contributed by atoms with E-state index in [2.05, 4.69) is 54.6 Å². The number of ketones is 1. The Bertz CT molecular complexity index is 1010. The molecule has 26 heavy (non-hydrogen) atoms. The molecule has 3 aromatic rings. The molecule has 6 rings (SSSR count). The van der Waals surface area contributed by atoms with E-state index in [1.54, 1.807) is 0 Å². The van der Waals surface area contributed by atoms with E-state index in [4.69, 9.17) is 0 Å². The van der Waals surface area contributed by atoms with Crippen LogP contribution in [0.5, 0.6) is 0 Å². The molecule has 0 saturated heterocycles. The smallest absolute Gasteiger partial charge is 0.173 e. The molecule has 2 fully saturated rings. The zero-order chi connectivity index (χ0) is 17.3. The molecule has 0 aliphatic heterocycles. The summed E-state index contributed by atoms with van der Waals surface area (Å²) in [5.74, 6) is 2.33. The quantitative estimate of drug-likeness (QED) is 0.590. The van der Waals surface area contributed by atoms with Crippen LogP contribution in [-0.2, 0) is 5.41 Å². The molecule has 0 spiro atoms. The standard InChI is InChI=1S/C25H20O/c26-24(17-11-5-2-6-12-17)25-20-14-8-7-13-18(20)19-15-21(25)23(25)22(19)16-9-3-1-4-10-16/h1-14,19,21-23H,15H2/t19-,21-,22+,23?,25?/m1/s1. The summed E-state index contributed by atoms with van der Waals surface area (Å²) in [6, 6.07) is 29.5. The van der Waals surface area contributed by atoms with Crippen molar-refractivity contribution in [3.05, 3.63) is 107 Å². The van der Waals surface area contributed by atoms with Gasteiger partial charge in [0.25, 0.3) is 0 Å². The fraction of sp³-hybridized carbons (Fsp3) is 0.240. The third-order valence-electron chi connectivity index (χ3n) is 7.17.